The number of rotatable bonds is 3. The predicted octanol–water partition coefficient (Wildman–Crippen LogP) is 3.85. The molecule has 1 rings (SSSR count). The van der Waals surface area contributed by atoms with Crippen molar-refractivity contribution in [1.29, 1.82) is 0 Å². The summed E-state index contributed by atoms with van der Waals surface area (Å²) in [6.45, 7) is 0.0798. The number of carbonyl (C=O) groups is 1. The van der Waals surface area contributed by atoms with Crippen LogP contribution in [0.1, 0.15) is 21.5 Å². The summed E-state index contributed by atoms with van der Waals surface area (Å²) in [5.41, 5.74) is -3.72. The van der Waals surface area contributed by atoms with Gasteiger partial charge in [0, 0.05) is 17.4 Å². The van der Waals surface area contributed by atoms with Gasteiger partial charge >= 0.3 is 12.4 Å². The molecule has 0 saturated heterocycles. The highest BCUT2D eigenvalue weighted by atomic mass is 79.9. The molecule has 0 heterocycles. The van der Waals surface area contributed by atoms with Gasteiger partial charge in [-0.3, -0.25) is 4.79 Å². The lowest BCUT2D eigenvalue weighted by Gasteiger charge is -2.14. The molecule has 0 aliphatic rings. The van der Waals surface area contributed by atoms with E-state index in [9.17, 15) is 31.1 Å². The van der Waals surface area contributed by atoms with Gasteiger partial charge in [0.15, 0.2) is 0 Å². The van der Waals surface area contributed by atoms with Crippen molar-refractivity contribution in [2.24, 2.45) is 0 Å². The summed E-state index contributed by atoms with van der Waals surface area (Å²) in [6.07, 6.45) is -9.93. The Morgan fingerprint density at radius 1 is 1.00 bits per heavy atom. The van der Waals surface area contributed by atoms with Gasteiger partial charge in [-0.05, 0) is 18.2 Å². The van der Waals surface area contributed by atoms with Crippen LogP contribution in [0.15, 0.2) is 18.2 Å². The quantitative estimate of drug-likeness (QED) is 0.641. The molecule has 1 amide bonds. The highest BCUT2D eigenvalue weighted by Crippen LogP contribution is 2.36. The average molecular weight is 364 g/mol. The molecule has 9 heteroatoms. The van der Waals surface area contributed by atoms with Crippen LogP contribution in [-0.2, 0) is 12.4 Å². The standard InChI is InChI=1S/C11H8BrF6NO/c12-1-2-19-9(20)6-3-7(10(13,14)15)5-8(4-6)11(16,17)18/h3-5H,1-2H2,(H,19,20). The van der Waals surface area contributed by atoms with E-state index < -0.39 is 35.0 Å². The SMILES string of the molecule is O=C(NCCBr)c1cc(C(F)(F)F)cc(C(F)(F)F)c1. The minimum Gasteiger partial charge on any atom is -0.351 e. The molecular formula is C11H8BrF6NO. The highest BCUT2D eigenvalue weighted by Gasteiger charge is 2.37. The van der Waals surface area contributed by atoms with Gasteiger partial charge in [0.2, 0.25) is 0 Å². The first-order chi connectivity index (χ1) is 9.05. The highest BCUT2D eigenvalue weighted by molar-refractivity contribution is 9.09. The number of carbonyl (C=O) groups excluding carboxylic acids is 1. The lowest BCUT2D eigenvalue weighted by atomic mass is 10.0. The summed E-state index contributed by atoms with van der Waals surface area (Å²) >= 11 is 2.97. The monoisotopic (exact) mass is 363 g/mol. The van der Waals surface area contributed by atoms with Crippen LogP contribution in [0.5, 0.6) is 0 Å². The normalized spacial score (nSPS) is 12.3. The molecule has 0 unspecified atom stereocenters. The number of alkyl halides is 7. The van der Waals surface area contributed by atoms with Crippen LogP contribution in [0.2, 0.25) is 0 Å². The van der Waals surface area contributed by atoms with Gasteiger partial charge in [0.1, 0.15) is 0 Å². The first-order valence-electron chi connectivity index (χ1n) is 5.19. The van der Waals surface area contributed by atoms with Crippen molar-refractivity contribution in [1.82, 2.24) is 5.32 Å². The van der Waals surface area contributed by atoms with Gasteiger partial charge in [-0.15, -0.1) is 0 Å². The molecule has 0 bridgehead atoms. The van der Waals surface area contributed by atoms with Gasteiger partial charge in [-0.2, -0.15) is 26.3 Å². The van der Waals surface area contributed by atoms with Gasteiger partial charge in [-0.25, -0.2) is 0 Å². The van der Waals surface area contributed by atoms with Crippen LogP contribution in [0.25, 0.3) is 0 Å². The van der Waals surface area contributed by atoms with Gasteiger partial charge in [0.05, 0.1) is 11.1 Å². The maximum atomic E-state index is 12.5. The zero-order chi connectivity index (χ0) is 15.6. The molecule has 2 nitrogen and oxygen atoms in total. The van der Waals surface area contributed by atoms with E-state index >= 15 is 0 Å². The molecule has 1 aromatic rings. The summed E-state index contributed by atoms with van der Waals surface area (Å²) in [7, 11) is 0. The fourth-order valence-electron chi connectivity index (χ4n) is 1.35. The zero-order valence-electron chi connectivity index (χ0n) is 9.70. The Balaban J connectivity index is 3.27. The first kappa shape index (κ1) is 16.8. The molecule has 0 spiro atoms. The molecule has 0 radical (unpaired) electrons. The minimum atomic E-state index is -4.97. The molecule has 0 saturated carbocycles. The van der Waals surface area contributed by atoms with Gasteiger partial charge < -0.3 is 5.32 Å². The van der Waals surface area contributed by atoms with Gasteiger partial charge in [0.25, 0.3) is 5.91 Å². The van der Waals surface area contributed by atoms with Crippen LogP contribution in [-0.4, -0.2) is 17.8 Å². The third-order valence-electron chi connectivity index (χ3n) is 2.23. The zero-order valence-corrected chi connectivity index (χ0v) is 11.3. The number of halogens is 7. The minimum absolute atomic E-state index is 0.0265. The maximum Gasteiger partial charge on any atom is 0.416 e. The molecule has 0 fully saturated rings. The molecule has 1 N–H and O–H groups in total. The van der Waals surface area contributed by atoms with E-state index in [4.69, 9.17) is 0 Å². The van der Waals surface area contributed by atoms with Crippen LogP contribution in [0, 0.1) is 0 Å². The fourth-order valence-corrected chi connectivity index (χ4v) is 1.55. The molecule has 0 aliphatic heterocycles. The van der Waals surface area contributed by atoms with Crippen LogP contribution in [0.3, 0.4) is 0 Å². The number of benzene rings is 1. The first-order valence-corrected chi connectivity index (χ1v) is 6.31. The van der Waals surface area contributed by atoms with E-state index in [0.717, 1.165) is 0 Å². The van der Waals surface area contributed by atoms with E-state index in [1.54, 1.807) is 0 Å². The van der Waals surface area contributed by atoms with Gasteiger partial charge in [-0.1, -0.05) is 15.9 Å². The van der Waals surface area contributed by atoms with Crippen molar-refractivity contribution in [3.63, 3.8) is 0 Å². The summed E-state index contributed by atoms with van der Waals surface area (Å²) in [4.78, 5) is 11.5. The van der Waals surface area contributed by atoms with Crippen LogP contribution in [0.4, 0.5) is 26.3 Å². The number of amides is 1. The third kappa shape index (κ3) is 4.39. The molecule has 1 aromatic carbocycles. The molecule has 0 aliphatic carbocycles. The van der Waals surface area contributed by atoms with E-state index in [2.05, 4.69) is 21.2 Å². The topological polar surface area (TPSA) is 29.1 Å². The number of hydrogen-bond acceptors (Lipinski definition) is 1. The Kier molecular flexibility index (Phi) is 5.06. The fraction of sp³-hybridized carbons (Fsp3) is 0.364. The molecular weight excluding hydrogens is 356 g/mol. The van der Waals surface area contributed by atoms with E-state index in [1.807, 2.05) is 0 Å². The van der Waals surface area contributed by atoms with Crippen molar-refractivity contribution >= 4 is 21.8 Å². The Bertz CT molecular complexity index is 464. The maximum absolute atomic E-state index is 12.5. The second kappa shape index (κ2) is 6.02. The van der Waals surface area contributed by atoms with Crippen molar-refractivity contribution in [3.05, 3.63) is 34.9 Å². The van der Waals surface area contributed by atoms with Crippen molar-refractivity contribution in [3.8, 4) is 0 Å². The number of nitrogens with one attached hydrogen (secondary N) is 1. The summed E-state index contributed by atoms with van der Waals surface area (Å²) in [5, 5.41) is 2.51. The summed E-state index contributed by atoms with van der Waals surface area (Å²) in [5.74, 6) is -0.999. The molecule has 112 valence electrons. The second-order valence-electron chi connectivity index (χ2n) is 3.74. The Hall–Kier alpha value is -1.25. The third-order valence-corrected chi connectivity index (χ3v) is 2.63. The van der Waals surface area contributed by atoms with Crippen LogP contribution < -0.4 is 5.32 Å². The van der Waals surface area contributed by atoms with Crippen molar-refractivity contribution in [2.75, 3.05) is 11.9 Å². The Morgan fingerprint density at radius 3 is 1.80 bits per heavy atom. The van der Waals surface area contributed by atoms with E-state index in [-0.39, 0.29) is 12.6 Å². The second-order valence-corrected chi connectivity index (χ2v) is 4.53. The summed E-state index contributed by atoms with van der Waals surface area (Å²) in [6, 6.07) is 0.749. The summed E-state index contributed by atoms with van der Waals surface area (Å²) < 4.78 is 75.3. The van der Waals surface area contributed by atoms with E-state index in [1.165, 1.54) is 0 Å². The van der Waals surface area contributed by atoms with Crippen molar-refractivity contribution in [2.45, 2.75) is 12.4 Å². The molecule has 0 atom stereocenters. The predicted molar refractivity (Wildman–Crippen MR) is 62.6 cm³/mol. The number of hydrogen-bond donors (Lipinski definition) is 1. The Morgan fingerprint density at radius 2 is 1.45 bits per heavy atom. The largest absolute Gasteiger partial charge is 0.416 e. The smallest absolute Gasteiger partial charge is 0.351 e. The molecule has 20 heavy (non-hydrogen) atoms. The average Bonchev–Trinajstić information content (AvgIpc) is 2.33. The molecule has 0 aromatic heterocycles. The lowest BCUT2D eigenvalue weighted by Crippen LogP contribution is -2.26. The van der Waals surface area contributed by atoms with Crippen molar-refractivity contribution < 1.29 is 31.1 Å². The van der Waals surface area contributed by atoms with E-state index in [0.29, 0.717) is 17.5 Å². The lowest BCUT2D eigenvalue weighted by molar-refractivity contribution is -0.143. The van der Waals surface area contributed by atoms with Crippen LogP contribution >= 0.6 is 15.9 Å². The Labute approximate surface area is 118 Å².